The monoisotopic (exact) mass is 344 g/mol. The summed E-state index contributed by atoms with van der Waals surface area (Å²) in [6.45, 7) is 4.64. The average molecular weight is 344 g/mol. The van der Waals surface area contributed by atoms with E-state index in [2.05, 4.69) is 6.92 Å². The number of ether oxygens (including phenoxy) is 1. The second-order valence-electron chi connectivity index (χ2n) is 6.77. The largest absolute Gasteiger partial charge is 0.491 e. The topological polar surface area (TPSA) is 9.23 Å². The van der Waals surface area contributed by atoms with Gasteiger partial charge in [-0.2, -0.15) is 0 Å². The van der Waals surface area contributed by atoms with Crippen LogP contribution in [0.4, 0.5) is 8.78 Å². The van der Waals surface area contributed by atoms with E-state index in [9.17, 15) is 8.78 Å². The molecule has 0 aliphatic heterocycles. The van der Waals surface area contributed by atoms with E-state index in [-0.39, 0.29) is 11.6 Å². The molecule has 0 fully saturated rings. The van der Waals surface area contributed by atoms with Crippen LogP contribution in [-0.4, -0.2) is 6.61 Å². The number of rotatable bonds is 7. The van der Waals surface area contributed by atoms with Crippen molar-refractivity contribution in [2.45, 2.75) is 58.8 Å². The van der Waals surface area contributed by atoms with E-state index in [1.54, 1.807) is 6.07 Å². The van der Waals surface area contributed by atoms with Crippen molar-refractivity contribution in [2.24, 2.45) is 0 Å². The van der Waals surface area contributed by atoms with Gasteiger partial charge in [0, 0.05) is 0 Å². The molecule has 0 aromatic heterocycles. The lowest BCUT2D eigenvalue weighted by molar-refractivity contribution is 0.300. The number of halogens is 2. The van der Waals surface area contributed by atoms with Gasteiger partial charge in [0.05, 0.1) is 6.61 Å². The van der Waals surface area contributed by atoms with Crippen molar-refractivity contribution in [3.8, 4) is 16.9 Å². The maximum atomic E-state index is 14.9. The maximum absolute atomic E-state index is 14.9. The first-order chi connectivity index (χ1) is 12.2. The minimum Gasteiger partial charge on any atom is -0.491 e. The summed E-state index contributed by atoms with van der Waals surface area (Å²) in [5, 5.41) is 0. The number of benzene rings is 2. The third-order valence-corrected chi connectivity index (χ3v) is 4.96. The molecule has 134 valence electrons. The van der Waals surface area contributed by atoms with Crippen LogP contribution in [0.25, 0.3) is 11.1 Å². The molecule has 2 aromatic rings. The van der Waals surface area contributed by atoms with E-state index in [1.807, 2.05) is 25.1 Å². The third kappa shape index (κ3) is 3.56. The Hall–Kier alpha value is -1.90. The first-order valence-corrected chi connectivity index (χ1v) is 9.42. The fourth-order valence-corrected chi connectivity index (χ4v) is 3.59. The Labute approximate surface area is 149 Å². The van der Waals surface area contributed by atoms with E-state index in [0.29, 0.717) is 30.8 Å². The quantitative estimate of drug-likeness (QED) is 0.539. The lowest BCUT2D eigenvalue weighted by Gasteiger charge is -2.23. The van der Waals surface area contributed by atoms with Crippen molar-refractivity contribution in [2.75, 3.05) is 6.61 Å². The van der Waals surface area contributed by atoms with Crippen molar-refractivity contribution in [1.29, 1.82) is 0 Å². The standard InChI is InChI=1S/C22H26F2O/c1-3-5-6-7-15-8-9-16-17-12-13-20(25-14-4-2)22(24)19(17)11-10-18(16)21(15)23/h8-9,12-13H,3-7,10-11,14H2,1-2H3. The molecule has 1 aliphatic rings. The molecule has 0 saturated carbocycles. The highest BCUT2D eigenvalue weighted by Gasteiger charge is 2.24. The van der Waals surface area contributed by atoms with Gasteiger partial charge in [0.25, 0.3) is 0 Å². The number of hydrogen-bond acceptors (Lipinski definition) is 1. The second kappa shape index (κ2) is 7.99. The van der Waals surface area contributed by atoms with E-state index in [0.717, 1.165) is 54.4 Å². The van der Waals surface area contributed by atoms with Crippen LogP contribution in [-0.2, 0) is 19.3 Å². The average Bonchev–Trinajstić information content (AvgIpc) is 2.63. The Kier molecular flexibility index (Phi) is 5.72. The molecule has 3 rings (SSSR count). The van der Waals surface area contributed by atoms with Gasteiger partial charge in [-0.3, -0.25) is 0 Å². The van der Waals surface area contributed by atoms with Crippen LogP contribution < -0.4 is 4.74 Å². The summed E-state index contributed by atoms with van der Waals surface area (Å²) in [5.74, 6) is -0.0734. The highest BCUT2D eigenvalue weighted by molar-refractivity contribution is 5.74. The summed E-state index contributed by atoms with van der Waals surface area (Å²) >= 11 is 0. The van der Waals surface area contributed by atoms with E-state index >= 15 is 0 Å². The van der Waals surface area contributed by atoms with Gasteiger partial charge in [0.2, 0.25) is 0 Å². The predicted octanol–water partition coefficient (Wildman–Crippen LogP) is 6.25. The van der Waals surface area contributed by atoms with Gasteiger partial charge < -0.3 is 4.74 Å². The van der Waals surface area contributed by atoms with Gasteiger partial charge in [-0.15, -0.1) is 0 Å². The fraction of sp³-hybridized carbons (Fsp3) is 0.455. The van der Waals surface area contributed by atoms with Gasteiger partial charge >= 0.3 is 0 Å². The molecular formula is C22H26F2O. The summed E-state index contributed by atoms with van der Waals surface area (Å²) in [4.78, 5) is 0. The molecule has 0 saturated heterocycles. The van der Waals surface area contributed by atoms with Crippen molar-refractivity contribution < 1.29 is 13.5 Å². The Balaban J connectivity index is 1.94. The number of aryl methyl sites for hydroxylation is 1. The molecule has 3 heteroatoms. The molecule has 1 nitrogen and oxygen atoms in total. The Morgan fingerprint density at radius 1 is 0.840 bits per heavy atom. The Morgan fingerprint density at radius 3 is 2.20 bits per heavy atom. The second-order valence-corrected chi connectivity index (χ2v) is 6.77. The molecule has 0 spiro atoms. The molecule has 0 atom stereocenters. The minimum atomic E-state index is -0.288. The Bertz CT molecular complexity index is 752. The van der Waals surface area contributed by atoms with Crippen LogP contribution in [0.1, 0.15) is 56.2 Å². The number of fused-ring (bicyclic) bond motifs is 3. The first-order valence-electron chi connectivity index (χ1n) is 9.42. The highest BCUT2D eigenvalue weighted by Crippen LogP contribution is 2.39. The predicted molar refractivity (Wildman–Crippen MR) is 98.2 cm³/mol. The van der Waals surface area contributed by atoms with Crippen LogP contribution in [0, 0.1) is 11.6 Å². The van der Waals surface area contributed by atoms with Crippen LogP contribution in [0.3, 0.4) is 0 Å². The Morgan fingerprint density at radius 2 is 1.52 bits per heavy atom. The van der Waals surface area contributed by atoms with Crippen LogP contribution >= 0.6 is 0 Å². The molecule has 0 radical (unpaired) electrons. The SMILES string of the molecule is CCCCCc1ccc2c(c1F)CCc1c-2ccc(OCCC)c1F. The summed E-state index contributed by atoms with van der Waals surface area (Å²) in [7, 11) is 0. The van der Waals surface area contributed by atoms with Crippen molar-refractivity contribution >= 4 is 0 Å². The summed E-state index contributed by atoms with van der Waals surface area (Å²) in [5.41, 5.74) is 3.82. The fourth-order valence-electron chi connectivity index (χ4n) is 3.59. The molecule has 1 aliphatic carbocycles. The van der Waals surface area contributed by atoms with Crippen molar-refractivity contribution in [3.05, 3.63) is 52.6 Å². The molecule has 0 unspecified atom stereocenters. The van der Waals surface area contributed by atoms with Crippen LogP contribution in [0.5, 0.6) is 5.75 Å². The van der Waals surface area contributed by atoms with Crippen LogP contribution in [0.15, 0.2) is 24.3 Å². The molecule has 0 N–H and O–H groups in total. The smallest absolute Gasteiger partial charge is 0.168 e. The molecule has 0 bridgehead atoms. The zero-order valence-electron chi connectivity index (χ0n) is 15.1. The minimum absolute atomic E-state index is 0.0917. The number of hydrogen-bond donors (Lipinski definition) is 0. The van der Waals surface area contributed by atoms with Gasteiger partial charge in [-0.1, -0.05) is 44.9 Å². The molecule has 0 heterocycles. The highest BCUT2D eigenvalue weighted by atomic mass is 19.1. The summed E-state index contributed by atoms with van der Waals surface area (Å²) < 4.78 is 35.1. The third-order valence-electron chi connectivity index (χ3n) is 4.96. The normalized spacial score (nSPS) is 12.6. The first kappa shape index (κ1) is 17.9. The van der Waals surface area contributed by atoms with Crippen LogP contribution in [0.2, 0.25) is 0 Å². The van der Waals surface area contributed by atoms with Crippen molar-refractivity contribution in [1.82, 2.24) is 0 Å². The zero-order chi connectivity index (χ0) is 17.8. The summed E-state index contributed by atoms with van der Waals surface area (Å²) in [6, 6.07) is 7.38. The van der Waals surface area contributed by atoms with Gasteiger partial charge in [-0.25, -0.2) is 8.78 Å². The lowest BCUT2D eigenvalue weighted by atomic mass is 9.83. The lowest BCUT2D eigenvalue weighted by Crippen LogP contribution is -2.11. The molecule has 25 heavy (non-hydrogen) atoms. The molecule has 0 amide bonds. The van der Waals surface area contributed by atoms with Gasteiger partial charge in [0.1, 0.15) is 5.82 Å². The van der Waals surface area contributed by atoms with Crippen molar-refractivity contribution in [3.63, 3.8) is 0 Å². The zero-order valence-corrected chi connectivity index (χ0v) is 15.1. The molecular weight excluding hydrogens is 318 g/mol. The maximum Gasteiger partial charge on any atom is 0.168 e. The molecule has 2 aromatic carbocycles. The van der Waals surface area contributed by atoms with E-state index < -0.39 is 0 Å². The number of unbranched alkanes of at least 4 members (excludes halogenated alkanes) is 2. The summed E-state index contributed by atoms with van der Waals surface area (Å²) in [6.07, 6.45) is 5.93. The van der Waals surface area contributed by atoms with E-state index in [4.69, 9.17) is 4.74 Å². The van der Waals surface area contributed by atoms with E-state index in [1.165, 1.54) is 0 Å². The van der Waals surface area contributed by atoms with Gasteiger partial charge in [0.15, 0.2) is 11.6 Å². The van der Waals surface area contributed by atoms with Gasteiger partial charge in [-0.05, 0) is 66.0 Å².